The van der Waals surface area contributed by atoms with E-state index in [0.29, 0.717) is 0 Å². The molecule has 0 bridgehead atoms. The summed E-state index contributed by atoms with van der Waals surface area (Å²) in [6, 6.07) is 0. The van der Waals surface area contributed by atoms with Crippen LogP contribution in [0.4, 0.5) is 0 Å². The maximum absolute atomic E-state index is 3.22. The Balaban J connectivity index is 3.35. The zero-order chi connectivity index (χ0) is 10.1. The van der Waals surface area contributed by atoms with Gasteiger partial charge in [-0.3, -0.25) is 0 Å². The predicted molar refractivity (Wildman–Crippen MR) is 61.0 cm³/mol. The lowest BCUT2D eigenvalue weighted by atomic mass is 9.91. The van der Waals surface area contributed by atoms with E-state index in [1.54, 1.807) is 0 Å². The van der Waals surface area contributed by atoms with Gasteiger partial charge in [0, 0.05) is 0 Å². The highest BCUT2D eigenvalue weighted by atomic mass is 14.8. The Kier molecular flexibility index (Phi) is 8.53. The molecule has 1 heteroatoms. The number of hydrogen-bond donors (Lipinski definition) is 1. The summed E-state index contributed by atoms with van der Waals surface area (Å²) in [4.78, 5) is 0. The van der Waals surface area contributed by atoms with Gasteiger partial charge in [-0.25, -0.2) is 0 Å². The van der Waals surface area contributed by atoms with Crippen molar-refractivity contribution < 1.29 is 0 Å². The van der Waals surface area contributed by atoms with E-state index < -0.39 is 0 Å². The molecular weight excluding hydrogens is 158 g/mol. The molecule has 0 aliphatic carbocycles. The van der Waals surface area contributed by atoms with E-state index in [1.807, 2.05) is 7.05 Å². The van der Waals surface area contributed by atoms with Crippen molar-refractivity contribution in [3.63, 3.8) is 0 Å². The average molecular weight is 185 g/mol. The molecule has 13 heavy (non-hydrogen) atoms. The third kappa shape index (κ3) is 8.29. The summed E-state index contributed by atoms with van der Waals surface area (Å²) in [5, 5.41) is 3.22. The molecule has 0 spiro atoms. The van der Waals surface area contributed by atoms with E-state index in [-0.39, 0.29) is 0 Å². The highest BCUT2D eigenvalue weighted by molar-refractivity contribution is 4.60. The van der Waals surface area contributed by atoms with E-state index in [2.05, 4.69) is 26.1 Å². The van der Waals surface area contributed by atoms with Crippen molar-refractivity contribution in [2.24, 2.45) is 11.8 Å². The van der Waals surface area contributed by atoms with Gasteiger partial charge >= 0.3 is 0 Å². The van der Waals surface area contributed by atoms with Crippen molar-refractivity contribution >= 4 is 0 Å². The molecule has 0 rings (SSSR count). The van der Waals surface area contributed by atoms with Crippen LogP contribution in [0.1, 0.15) is 52.9 Å². The molecule has 1 N–H and O–H groups in total. The van der Waals surface area contributed by atoms with E-state index in [4.69, 9.17) is 0 Å². The van der Waals surface area contributed by atoms with Gasteiger partial charge in [-0.15, -0.1) is 0 Å². The molecule has 2 unspecified atom stereocenters. The first-order chi connectivity index (χ1) is 6.20. The second kappa shape index (κ2) is 8.55. The van der Waals surface area contributed by atoms with Crippen molar-refractivity contribution in [3.05, 3.63) is 0 Å². The number of unbranched alkanes of at least 4 members (excludes halogenated alkanes) is 1. The van der Waals surface area contributed by atoms with Crippen LogP contribution in [0.25, 0.3) is 0 Å². The van der Waals surface area contributed by atoms with Gasteiger partial charge in [-0.2, -0.15) is 0 Å². The lowest BCUT2D eigenvalue weighted by Gasteiger charge is -2.16. The first-order valence-electron chi connectivity index (χ1n) is 5.85. The van der Waals surface area contributed by atoms with E-state index in [1.165, 1.54) is 38.6 Å². The zero-order valence-corrected chi connectivity index (χ0v) is 9.90. The van der Waals surface area contributed by atoms with Crippen LogP contribution in [0.2, 0.25) is 0 Å². The topological polar surface area (TPSA) is 12.0 Å². The third-order valence-corrected chi connectivity index (χ3v) is 2.74. The predicted octanol–water partition coefficient (Wildman–Crippen LogP) is 3.45. The quantitative estimate of drug-likeness (QED) is 0.611. The molecule has 0 fully saturated rings. The first kappa shape index (κ1) is 13.0. The van der Waals surface area contributed by atoms with Crippen LogP contribution in [0, 0.1) is 11.8 Å². The van der Waals surface area contributed by atoms with Gasteiger partial charge in [-0.1, -0.05) is 40.0 Å². The minimum atomic E-state index is 0.888. The van der Waals surface area contributed by atoms with Crippen molar-refractivity contribution in [3.8, 4) is 0 Å². The third-order valence-electron chi connectivity index (χ3n) is 2.74. The van der Waals surface area contributed by atoms with Crippen LogP contribution in [0.5, 0.6) is 0 Å². The van der Waals surface area contributed by atoms with Gasteiger partial charge in [0.2, 0.25) is 0 Å². The molecule has 0 saturated carbocycles. The van der Waals surface area contributed by atoms with Crippen LogP contribution in [0.15, 0.2) is 0 Å². The van der Waals surface area contributed by atoms with Crippen LogP contribution >= 0.6 is 0 Å². The van der Waals surface area contributed by atoms with Gasteiger partial charge in [0.05, 0.1) is 0 Å². The Morgan fingerprint density at radius 2 is 1.69 bits per heavy atom. The Morgan fingerprint density at radius 3 is 2.23 bits per heavy atom. The highest BCUT2D eigenvalue weighted by Gasteiger charge is 2.07. The summed E-state index contributed by atoms with van der Waals surface area (Å²) >= 11 is 0. The molecule has 80 valence electrons. The summed E-state index contributed by atoms with van der Waals surface area (Å²) in [5.74, 6) is 1.81. The zero-order valence-electron chi connectivity index (χ0n) is 9.90. The summed E-state index contributed by atoms with van der Waals surface area (Å²) in [6.07, 6.45) is 6.89. The molecule has 0 aromatic heterocycles. The summed E-state index contributed by atoms with van der Waals surface area (Å²) in [5.41, 5.74) is 0. The second-order valence-corrected chi connectivity index (χ2v) is 4.48. The van der Waals surface area contributed by atoms with Gasteiger partial charge in [0.15, 0.2) is 0 Å². The van der Waals surface area contributed by atoms with Crippen molar-refractivity contribution in [2.75, 3.05) is 13.6 Å². The van der Waals surface area contributed by atoms with Crippen LogP contribution in [-0.4, -0.2) is 13.6 Å². The van der Waals surface area contributed by atoms with Crippen LogP contribution < -0.4 is 5.32 Å². The normalized spacial score (nSPS) is 15.7. The largest absolute Gasteiger partial charge is 0.320 e. The van der Waals surface area contributed by atoms with E-state index in [0.717, 1.165) is 11.8 Å². The maximum Gasteiger partial charge on any atom is -0.00494 e. The minimum absolute atomic E-state index is 0.888. The second-order valence-electron chi connectivity index (χ2n) is 4.48. The fourth-order valence-electron chi connectivity index (χ4n) is 1.87. The van der Waals surface area contributed by atoms with Gasteiger partial charge in [-0.05, 0) is 38.3 Å². The van der Waals surface area contributed by atoms with E-state index >= 15 is 0 Å². The first-order valence-corrected chi connectivity index (χ1v) is 5.85. The molecule has 2 atom stereocenters. The van der Waals surface area contributed by atoms with Crippen LogP contribution in [0.3, 0.4) is 0 Å². The Hall–Kier alpha value is -0.0400. The molecule has 0 aliphatic heterocycles. The molecule has 0 aromatic carbocycles. The molecule has 0 amide bonds. The average Bonchev–Trinajstić information content (AvgIpc) is 2.11. The minimum Gasteiger partial charge on any atom is -0.320 e. The molecular formula is C12H27N. The van der Waals surface area contributed by atoms with Crippen LogP contribution in [-0.2, 0) is 0 Å². The Morgan fingerprint density at radius 1 is 1.08 bits per heavy atom. The molecule has 1 nitrogen and oxygen atoms in total. The summed E-state index contributed by atoms with van der Waals surface area (Å²) < 4.78 is 0. The molecule has 0 heterocycles. The lowest BCUT2D eigenvalue weighted by Crippen LogP contribution is -2.13. The van der Waals surface area contributed by atoms with Gasteiger partial charge < -0.3 is 5.32 Å². The monoisotopic (exact) mass is 185 g/mol. The van der Waals surface area contributed by atoms with Gasteiger partial charge in [0.1, 0.15) is 0 Å². The Bertz CT molecular complexity index is 89.3. The van der Waals surface area contributed by atoms with E-state index in [9.17, 15) is 0 Å². The summed E-state index contributed by atoms with van der Waals surface area (Å²) in [7, 11) is 2.03. The lowest BCUT2D eigenvalue weighted by molar-refractivity contribution is 0.368. The molecule has 0 radical (unpaired) electrons. The standard InChI is InChI=1S/C12H27N/c1-5-6-7-11(2)10-12(3)8-9-13-4/h11-13H,5-10H2,1-4H3. The number of rotatable bonds is 8. The van der Waals surface area contributed by atoms with Crippen molar-refractivity contribution in [1.29, 1.82) is 0 Å². The van der Waals surface area contributed by atoms with Crippen molar-refractivity contribution in [2.45, 2.75) is 52.9 Å². The number of nitrogens with one attached hydrogen (secondary N) is 1. The summed E-state index contributed by atoms with van der Waals surface area (Å²) in [6.45, 7) is 8.21. The number of hydrogen-bond acceptors (Lipinski definition) is 1. The SMILES string of the molecule is CCCCC(C)CC(C)CCNC. The molecule has 0 aliphatic rings. The van der Waals surface area contributed by atoms with Gasteiger partial charge in [0.25, 0.3) is 0 Å². The molecule has 0 aromatic rings. The maximum atomic E-state index is 3.22. The fraction of sp³-hybridized carbons (Fsp3) is 1.00. The smallest absolute Gasteiger partial charge is 0.00494 e. The molecule has 0 saturated heterocycles. The Labute approximate surface area is 84.3 Å². The highest BCUT2D eigenvalue weighted by Crippen LogP contribution is 2.19. The van der Waals surface area contributed by atoms with Crippen molar-refractivity contribution in [1.82, 2.24) is 5.32 Å². The fourth-order valence-corrected chi connectivity index (χ4v) is 1.87.